The molecular formula is C31H33N3OS3. The Labute approximate surface area is 237 Å². The lowest BCUT2D eigenvalue weighted by Crippen LogP contribution is -2.28. The number of hydrogen-bond acceptors (Lipinski definition) is 6. The number of carbonyl (C=O) groups excluding carboxylic acids is 1. The number of amides is 1. The van der Waals surface area contributed by atoms with Crippen molar-refractivity contribution in [2.24, 2.45) is 0 Å². The Kier molecular flexibility index (Phi) is 8.79. The van der Waals surface area contributed by atoms with Gasteiger partial charge < -0.3 is 10.2 Å². The van der Waals surface area contributed by atoms with Gasteiger partial charge in [0.1, 0.15) is 5.69 Å². The van der Waals surface area contributed by atoms with Crippen molar-refractivity contribution in [3.8, 4) is 0 Å². The van der Waals surface area contributed by atoms with Crippen LogP contribution in [0.4, 0.5) is 5.69 Å². The van der Waals surface area contributed by atoms with E-state index in [-0.39, 0.29) is 5.91 Å². The van der Waals surface area contributed by atoms with Crippen molar-refractivity contribution in [1.82, 2.24) is 9.88 Å². The Hall–Kier alpha value is -2.71. The predicted molar refractivity (Wildman–Crippen MR) is 167 cm³/mol. The highest BCUT2D eigenvalue weighted by molar-refractivity contribution is 7.99. The van der Waals surface area contributed by atoms with Gasteiger partial charge in [-0.15, -0.1) is 34.4 Å². The molecule has 1 amide bonds. The topological polar surface area (TPSA) is 45.2 Å². The first-order chi connectivity index (χ1) is 18.6. The number of benzene rings is 2. The molecule has 3 aromatic heterocycles. The van der Waals surface area contributed by atoms with Crippen LogP contribution in [0.15, 0.2) is 71.1 Å². The summed E-state index contributed by atoms with van der Waals surface area (Å²) < 4.78 is 2.65. The van der Waals surface area contributed by atoms with Gasteiger partial charge in [-0.3, -0.25) is 9.78 Å². The normalized spacial score (nSPS) is 11.6. The first-order valence-corrected chi connectivity index (χ1v) is 16.0. The summed E-state index contributed by atoms with van der Waals surface area (Å²) in [5.41, 5.74) is 4.07. The molecule has 0 saturated heterocycles. The number of aromatic nitrogens is 1. The maximum Gasteiger partial charge on any atom is 0.274 e. The smallest absolute Gasteiger partial charge is 0.274 e. The summed E-state index contributed by atoms with van der Waals surface area (Å²) in [6.45, 7) is 7.60. The van der Waals surface area contributed by atoms with Crippen molar-refractivity contribution in [2.45, 2.75) is 38.0 Å². The van der Waals surface area contributed by atoms with E-state index in [0.717, 1.165) is 44.6 Å². The summed E-state index contributed by atoms with van der Waals surface area (Å²) in [5, 5.41) is 7.95. The SMILES string of the molecule is CCc1sc2ccc(NC(=O)c3ccccn3)cc2c1CCN(CC)CCc1ccc2scc(SC)c2c1. The molecule has 0 bridgehead atoms. The molecule has 0 fully saturated rings. The quantitative estimate of drug-likeness (QED) is 0.166. The molecule has 7 heteroatoms. The molecule has 0 atom stereocenters. The predicted octanol–water partition coefficient (Wildman–Crippen LogP) is 8.15. The molecule has 0 spiro atoms. The zero-order valence-corrected chi connectivity index (χ0v) is 24.6. The van der Waals surface area contributed by atoms with Crippen molar-refractivity contribution < 1.29 is 4.79 Å². The van der Waals surface area contributed by atoms with Crippen molar-refractivity contribution in [1.29, 1.82) is 0 Å². The van der Waals surface area contributed by atoms with E-state index in [9.17, 15) is 4.79 Å². The minimum absolute atomic E-state index is 0.181. The van der Waals surface area contributed by atoms with Crippen LogP contribution in [0.2, 0.25) is 0 Å². The third kappa shape index (κ3) is 5.96. The average Bonchev–Trinajstić information content (AvgIpc) is 3.53. The summed E-state index contributed by atoms with van der Waals surface area (Å²) >= 11 is 5.54. The molecule has 0 aliphatic carbocycles. The summed E-state index contributed by atoms with van der Waals surface area (Å²) in [6.07, 6.45) is 6.89. The largest absolute Gasteiger partial charge is 0.321 e. The fourth-order valence-electron chi connectivity index (χ4n) is 4.88. The number of carbonyl (C=O) groups is 1. The third-order valence-corrected chi connectivity index (χ3v) is 10.3. The van der Waals surface area contributed by atoms with Gasteiger partial charge in [-0.05, 0) is 91.0 Å². The minimum atomic E-state index is -0.181. The summed E-state index contributed by atoms with van der Waals surface area (Å²) in [6, 6.07) is 18.6. The van der Waals surface area contributed by atoms with Crippen molar-refractivity contribution >= 4 is 66.2 Å². The van der Waals surface area contributed by atoms with Gasteiger partial charge in [0.2, 0.25) is 0 Å². The number of fused-ring (bicyclic) bond motifs is 2. The van der Waals surface area contributed by atoms with Crippen LogP contribution in [-0.4, -0.2) is 41.7 Å². The number of pyridine rings is 1. The number of anilines is 1. The molecule has 196 valence electrons. The number of aryl methyl sites for hydroxylation is 1. The number of hydrogen-bond donors (Lipinski definition) is 1. The van der Waals surface area contributed by atoms with Crippen LogP contribution in [0, 0.1) is 0 Å². The molecule has 0 radical (unpaired) electrons. The zero-order chi connectivity index (χ0) is 26.5. The fraction of sp³-hybridized carbons (Fsp3) is 0.290. The molecule has 2 aromatic carbocycles. The molecule has 5 aromatic rings. The second kappa shape index (κ2) is 12.4. The van der Waals surface area contributed by atoms with Crippen LogP contribution < -0.4 is 5.32 Å². The van der Waals surface area contributed by atoms with Crippen LogP contribution in [0.5, 0.6) is 0 Å². The Morgan fingerprint density at radius 1 is 1.00 bits per heavy atom. The molecule has 0 aliphatic heterocycles. The summed E-state index contributed by atoms with van der Waals surface area (Å²) in [4.78, 5) is 22.2. The van der Waals surface area contributed by atoms with Gasteiger partial charge in [0.05, 0.1) is 0 Å². The number of thioether (sulfide) groups is 1. The van der Waals surface area contributed by atoms with Gasteiger partial charge in [0.25, 0.3) is 5.91 Å². The summed E-state index contributed by atoms with van der Waals surface area (Å²) in [7, 11) is 0. The third-order valence-electron chi connectivity index (χ3n) is 7.02. The van der Waals surface area contributed by atoms with Gasteiger partial charge in [-0.2, -0.15) is 0 Å². The van der Waals surface area contributed by atoms with Crippen LogP contribution in [-0.2, 0) is 19.3 Å². The number of rotatable bonds is 11. The van der Waals surface area contributed by atoms with Gasteiger partial charge in [-0.1, -0.05) is 26.0 Å². The zero-order valence-electron chi connectivity index (χ0n) is 22.1. The van der Waals surface area contributed by atoms with Crippen molar-refractivity contribution in [2.75, 3.05) is 31.2 Å². The number of thiophene rings is 2. The maximum atomic E-state index is 12.7. The lowest BCUT2D eigenvalue weighted by atomic mass is 10.0. The first-order valence-electron chi connectivity index (χ1n) is 13.1. The van der Waals surface area contributed by atoms with E-state index in [1.165, 1.54) is 41.1 Å². The molecule has 4 nitrogen and oxygen atoms in total. The number of nitrogens with one attached hydrogen (secondary N) is 1. The first kappa shape index (κ1) is 26.9. The van der Waals surface area contributed by atoms with E-state index in [1.54, 1.807) is 12.3 Å². The van der Waals surface area contributed by atoms with Crippen LogP contribution in [0.1, 0.15) is 40.3 Å². The second-order valence-electron chi connectivity index (χ2n) is 9.31. The van der Waals surface area contributed by atoms with E-state index in [0.29, 0.717) is 5.69 Å². The van der Waals surface area contributed by atoms with Crippen molar-refractivity contribution in [3.05, 3.63) is 87.9 Å². The van der Waals surface area contributed by atoms with E-state index < -0.39 is 0 Å². The molecule has 0 unspecified atom stereocenters. The second-order valence-corrected chi connectivity index (χ2v) is 12.2. The molecule has 0 aliphatic rings. The van der Waals surface area contributed by atoms with Crippen LogP contribution >= 0.6 is 34.4 Å². The Bertz CT molecular complexity index is 1540. The van der Waals surface area contributed by atoms with Gasteiger partial charge in [0, 0.05) is 54.9 Å². The lowest BCUT2D eigenvalue weighted by Gasteiger charge is -2.21. The van der Waals surface area contributed by atoms with Crippen LogP contribution in [0.25, 0.3) is 20.2 Å². The van der Waals surface area contributed by atoms with Gasteiger partial charge >= 0.3 is 0 Å². The van der Waals surface area contributed by atoms with E-state index >= 15 is 0 Å². The standard InChI is InChI=1S/C31H33N3OS3/c1-4-27-23(24-19-22(10-12-29(24)38-27)33-31(35)26-8-6-7-15-32-26)14-17-34(5-2)16-13-21-9-11-28-25(18-21)30(36-3)20-37-28/h6-12,15,18-20H,4-5,13-14,16-17H2,1-3H3,(H,33,35). The molecule has 1 N–H and O–H groups in total. The molecule has 3 heterocycles. The van der Waals surface area contributed by atoms with E-state index in [2.05, 4.69) is 71.0 Å². The molecule has 0 saturated carbocycles. The van der Waals surface area contributed by atoms with E-state index in [4.69, 9.17) is 0 Å². The van der Waals surface area contributed by atoms with Crippen LogP contribution in [0.3, 0.4) is 0 Å². The molecular weight excluding hydrogens is 527 g/mol. The van der Waals surface area contributed by atoms with Gasteiger partial charge in [0.15, 0.2) is 0 Å². The Morgan fingerprint density at radius 3 is 2.61 bits per heavy atom. The van der Waals surface area contributed by atoms with Crippen molar-refractivity contribution in [3.63, 3.8) is 0 Å². The highest BCUT2D eigenvalue weighted by Crippen LogP contribution is 2.35. The highest BCUT2D eigenvalue weighted by Gasteiger charge is 2.15. The Morgan fingerprint density at radius 2 is 1.84 bits per heavy atom. The highest BCUT2D eigenvalue weighted by atomic mass is 32.2. The van der Waals surface area contributed by atoms with Gasteiger partial charge in [-0.25, -0.2) is 0 Å². The molecule has 5 rings (SSSR count). The fourth-order valence-corrected chi connectivity index (χ4v) is 7.84. The maximum absolute atomic E-state index is 12.7. The Balaban J connectivity index is 1.28. The summed E-state index contributed by atoms with van der Waals surface area (Å²) in [5.74, 6) is -0.181. The lowest BCUT2D eigenvalue weighted by molar-refractivity contribution is 0.102. The minimum Gasteiger partial charge on any atom is -0.321 e. The average molecular weight is 560 g/mol. The number of nitrogens with zero attached hydrogens (tertiary/aromatic N) is 2. The monoisotopic (exact) mass is 559 g/mol. The number of likely N-dealkylation sites (N-methyl/N-ethyl adjacent to an activating group) is 1. The van der Waals surface area contributed by atoms with E-state index in [1.807, 2.05) is 52.6 Å². The molecule has 38 heavy (non-hydrogen) atoms.